The fraction of sp³-hybridized carbons (Fsp3) is 0.538. The molecule has 0 heteroatoms. The highest BCUT2D eigenvalue weighted by atomic mass is 14.2. The Kier molecular flexibility index (Phi) is 8.89. The molecule has 0 aliphatic rings. The van der Waals surface area contributed by atoms with Crippen LogP contribution in [0.5, 0.6) is 0 Å². The largest absolute Gasteiger partial charge is 0.0991 e. The zero-order chi connectivity index (χ0) is 10.9. The van der Waals surface area contributed by atoms with Crippen molar-refractivity contribution in [1.29, 1.82) is 0 Å². The third kappa shape index (κ3) is 7.58. The molecule has 0 nitrogen and oxygen atoms in total. The minimum atomic E-state index is 0.223. The molecule has 0 radical (unpaired) electrons. The Balaban J connectivity index is 0. The Morgan fingerprint density at radius 3 is 1.85 bits per heavy atom. The number of allylic oxidation sites excluding steroid dienone is 5. The standard InChI is InChI=1S/C11H18.C2H6/c1-6-8-10(9-7-2)11(3,4)5;1-2/h6-9H,1H2,2-5H3;1-2H3/b9-7-,10-8+;. The van der Waals surface area contributed by atoms with Crippen molar-refractivity contribution in [3.63, 3.8) is 0 Å². The first-order valence-corrected chi connectivity index (χ1v) is 4.98. The van der Waals surface area contributed by atoms with Crippen LogP contribution in [0.3, 0.4) is 0 Å². The summed E-state index contributed by atoms with van der Waals surface area (Å²) >= 11 is 0. The first kappa shape index (κ1) is 14.7. The molecular formula is C13H24. The second kappa shape index (κ2) is 7.85. The van der Waals surface area contributed by atoms with Gasteiger partial charge in [0.2, 0.25) is 0 Å². The van der Waals surface area contributed by atoms with E-state index in [0.717, 1.165) is 0 Å². The van der Waals surface area contributed by atoms with Crippen molar-refractivity contribution < 1.29 is 0 Å². The van der Waals surface area contributed by atoms with Gasteiger partial charge in [-0.1, -0.05) is 65.5 Å². The van der Waals surface area contributed by atoms with Gasteiger partial charge in [-0.2, -0.15) is 0 Å². The molecule has 0 amide bonds. The molecule has 0 bridgehead atoms. The lowest BCUT2D eigenvalue weighted by Gasteiger charge is -2.19. The summed E-state index contributed by atoms with van der Waals surface area (Å²) in [6.45, 7) is 16.3. The van der Waals surface area contributed by atoms with E-state index in [2.05, 4.69) is 45.6 Å². The van der Waals surface area contributed by atoms with Gasteiger partial charge in [0.15, 0.2) is 0 Å². The molecule has 0 aromatic carbocycles. The number of hydrogen-bond donors (Lipinski definition) is 0. The van der Waals surface area contributed by atoms with Crippen LogP contribution in [0.2, 0.25) is 0 Å². The summed E-state index contributed by atoms with van der Waals surface area (Å²) in [4.78, 5) is 0. The normalized spacial score (nSPS) is 12.3. The smallest absolute Gasteiger partial charge is 0.0132 e. The Labute approximate surface area is 84.1 Å². The minimum absolute atomic E-state index is 0.223. The summed E-state index contributed by atoms with van der Waals surface area (Å²) in [6.07, 6.45) is 8.07. The molecule has 0 unspecified atom stereocenters. The molecule has 0 aliphatic heterocycles. The number of rotatable bonds is 2. The molecule has 76 valence electrons. The van der Waals surface area contributed by atoms with E-state index in [1.807, 2.05) is 26.8 Å². The van der Waals surface area contributed by atoms with Gasteiger partial charge in [0.25, 0.3) is 0 Å². The zero-order valence-corrected chi connectivity index (χ0v) is 10.0. The lowest BCUT2D eigenvalue weighted by molar-refractivity contribution is 0.517. The maximum absolute atomic E-state index is 3.69. The van der Waals surface area contributed by atoms with Crippen molar-refractivity contribution >= 4 is 0 Å². The predicted octanol–water partition coefficient (Wildman–Crippen LogP) is 4.75. The van der Waals surface area contributed by atoms with Crippen LogP contribution in [0.1, 0.15) is 41.5 Å². The van der Waals surface area contributed by atoms with Gasteiger partial charge in [0.05, 0.1) is 0 Å². The van der Waals surface area contributed by atoms with Crippen LogP contribution in [0.4, 0.5) is 0 Å². The molecule has 0 heterocycles. The highest BCUT2D eigenvalue weighted by molar-refractivity contribution is 5.27. The SMILES string of the molecule is C=C/C=C(\C=C/C)C(C)(C)C.CC. The van der Waals surface area contributed by atoms with E-state index < -0.39 is 0 Å². The molecule has 0 N–H and O–H groups in total. The summed E-state index contributed by atoms with van der Waals surface area (Å²) < 4.78 is 0. The molecular weight excluding hydrogens is 156 g/mol. The predicted molar refractivity (Wildman–Crippen MR) is 63.9 cm³/mol. The van der Waals surface area contributed by atoms with Crippen molar-refractivity contribution in [3.8, 4) is 0 Å². The molecule has 0 atom stereocenters. The van der Waals surface area contributed by atoms with Crippen LogP contribution in [-0.4, -0.2) is 0 Å². The van der Waals surface area contributed by atoms with Crippen molar-refractivity contribution in [2.24, 2.45) is 5.41 Å². The highest BCUT2D eigenvalue weighted by Crippen LogP contribution is 2.25. The van der Waals surface area contributed by atoms with Gasteiger partial charge in [-0.25, -0.2) is 0 Å². The third-order valence-electron chi connectivity index (χ3n) is 1.51. The summed E-state index contributed by atoms with van der Waals surface area (Å²) in [6, 6.07) is 0. The zero-order valence-electron chi connectivity index (χ0n) is 10.0. The van der Waals surface area contributed by atoms with Crippen molar-refractivity contribution in [2.45, 2.75) is 41.5 Å². The first-order chi connectivity index (χ1) is 6.02. The maximum atomic E-state index is 3.69. The molecule has 0 spiro atoms. The topological polar surface area (TPSA) is 0 Å². The van der Waals surface area contributed by atoms with Crippen LogP contribution in [0.25, 0.3) is 0 Å². The van der Waals surface area contributed by atoms with Crippen LogP contribution in [-0.2, 0) is 0 Å². The fourth-order valence-electron chi connectivity index (χ4n) is 0.862. The van der Waals surface area contributed by atoms with Crippen LogP contribution in [0, 0.1) is 5.41 Å². The lowest BCUT2D eigenvalue weighted by atomic mass is 9.86. The average molecular weight is 180 g/mol. The van der Waals surface area contributed by atoms with E-state index >= 15 is 0 Å². The second-order valence-electron chi connectivity index (χ2n) is 3.61. The van der Waals surface area contributed by atoms with Gasteiger partial charge < -0.3 is 0 Å². The van der Waals surface area contributed by atoms with Crippen LogP contribution < -0.4 is 0 Å². The van der Waals surface area contributed by atoms with Gasteiger partial charge in [0.1, 0.15) is 0 Å². The van der Waals surface area contributed by atoms with E-state index in [1.165, 1.54) is 5.57 Å². The van der Waals surface area contributed by atoms with Gasteiger partial charge in [-0.05, 0) is 17.9 Å². The van der Waals surface area contributed by atoms with Gasteiger partial charge in [-0.3, -0.25) is 0 Å². The molecule has 0 aromatic heterocycles. The minimum Gasteiger partial charge on any atom is -0.0991 e. The van der Waals surface area contributed by atoms with Gasteiger partial charge >= 0.3 is 0 Å². The molecule has 0 fully saturated rings. The lowest BCUT2D eigenvalue weighted by Crippen LogP contribution is -2.06. The van der Waals surface area contributed by atoms with Crippen molar-refractivity contribution in [1.82, 2.24) is 0 Å². The van der Waals surface area contributed by atoms with Crippen molar-refractivity contribution in [2.75, 3.05) is 0 Å². The van der Waals surface area contributed by atoms with Gasteiger partial charge in [-0.15, -0.1) is 0 Å². The van der Waals surface area contributed by atoms with E-state index in [0.29, 0.717) is 0 Å². The van der Waals surface area contributed by atoms with Crippen molar-refractivity contribution in [3.05, 3.63) is 36.5 Å². The van der Waals surface area contributed by atoms with E-state index in [-0.39, 0.29) is 5.41 Å². The fourth-order valence-corrected chi connectivity index (χ4v) is 0.862. The van der Waals surface area contributed by atoms with E-state index in [9.17, 15) is 0 Å². The maximum Gasteiger partial charge on any atom is -0.0132 e. The van der Waals surface area contributed by atoms with Crippen LogP contribution >= 0.6 is 0 Å². The Bertz CT molecular complexity index is 175. The summed E-state index contributed by atoms with van der Waals surface area (Å²) in [5, 5.41) is 0. The second-order valence-corrected chi connectivity index (χ2v) is 3.61. The molecule has 0 aromatic rings. The quantitative estimate of drug-likeness (QED) is 0.538. The molecule has 0 aliphatic carbocycles. The van der Waals surface area contributed by atoms with Gasteiger partial charge in [0, 0.05) is 0 Å². The average Bonchev–Trinajstić information content (AvgIpc) is 2.06. The summed E-state index contributed by atoms with van der Waals surface area (Å²) in [7, 11) is 0. The first-order valence-electron chi connectivity index (χ1n) is 4.98. The third-order valence-corrected chi connectivity index (χ3v) is 1.51. The molecule has 0 saturated carbocycles. The molecule has 13 heavy (non-hydrogen) atoms. The summed E-state index contributed by atoms with van der Waals surface area (Å²) in [5.41, 5.74) is 1.54. The monoisotopic (exact) mass is 180 g/mol. The van der Waals surface area contributed by atoms with E-state index in [4.69, 9.17) is 0 Å². The van der Waals surface area contributed by atoms with E-state index in [1.54, 1.807) is 0 Å². The Morgan fingerprint density at radius 1 is 1.15 bits per heavy atom. The Hall–Kier alpha value is -0.780. The highest BCUT2D eigenvalue weighted by Gasteiger charge is 2.12. The molecule has 0 rings (SSSR count). The number of hydrogen-bond acceptors (Lipinski definition) is 0. The molecule has 0 saturated heterocycles. The summed E-state index contributed by atoms with van der Waals surface area (Å²) in [5.74, 6) is 0. The Morgan fingerprint density at radius 2 is 1.62 bits per heavy atom. The van der Waals surface area contributed by atoms with Crippen LogP contribution in [0.15, 0.2) is 36.5 Å².